The minimum atomic E-state index is 0.198. The molecule has 2 N–H and O–H groups in total. The molecule has 1 fully saturated rings. The molecule has 2 aliphatic rings. The first kappa shape index (κ1) is 21.1. The molecule has 1 atom stereocenters. The summed E-state index contributed by atoms with van der Waals surface area (Å²) in [6.07, 6.45) is 3.49. The lowest BCUT2D eigenvalue weighted by Gasteiger charge is -2.27. The van der Waals surface area contributed by atoms with E-state index in [0.717, 1.165) is 71.3 Å². The molecule has 7 nitrogen and oxygen atoms in total. The summed E-state index contributed by atoms with van der Waals surface area (Å²) in [5, 5.41) is 8.61. The lowest BCUT2D eigenvalue weighted by atomic mass is 10.1. The number of rotatable bonds is 9. The highest BCUT2D eigenvalue weighted by molar-refractivity contribution is 7.10. The monoisotopic (exact) mass is 408 g/mol. The summed E-state index contributed by atoms with van der Waals surface area (Å²) in [6, 6.07) is 2.13. The zero-order chi connectivity index (χ0) is 19.6. The van der Waals surface area contributed by atoms with Crippen molar-refractivity contribution in [1.82, 2.24) is 15.5 Å². The zero-order valence-corrected chi connectivity index (χ0v) is 17.6. The van der Waals surface area contributed by atoms with Crippen LogP contribution in [0.5, 0.6) is 0 Å². The molecule has 0 saturated carbocycles. The summed E-state index contributed by atoms with van der Waals surface area (Å²) < 4.78 is 11.0. The van der Waals surface area contributed by atoms with Crippen LogP contribution in [-0.4, -0.2) is 69.9 Å². The van der Waals surface area contributed by atoms with Gasteiger partial charge < -0.3 is 25.0 Å². The molecule has 1 aromatic heterocycles. The molecule has 0 spiro atoms. The number of hydrogen-bond donors (Lipinski definition) is 2. The molecule has 2 aliphatic heterocycles. The SMILES string of the molecule is CN=C(NCCCOCC1CCOC1)NCCC(=O)N1CCc2sccc2C1. The van der Waals surface area contributed by atoms with Gasteiger partial charge in [-0.05, 0) is 36.3 Å². The minimum Gasteiger partial charge on any atom is -0.381 e. The Morgan fingerprint density at radius 3 is 3.14 bits per heavy atom. The minimum absolute atomic E-state index is 0.198. The van der Waals surface area contributed by atoms with Gasteiger partial charge in [0.1, 0.15) is 0 Å². The summed E-state index contributed by atoms with van der Waals surface area (Å²) in [6.45, 7) is 6.18. The highest BCUT2D eigenvalue weighted by Gasteiger charge is 2.21. The highest BCUT2D eigenvalue weighted by atomic mass is 32.1. The Morgan fingerprint density at radius 2 is 2.32 bits per heavy atom. The first-order valence-corrected chi connectivity index (χ1v) is 11.1. The van der Waals surface area contributed by atoms with Crippen molar-refractivity contribution in [2.24, 2.45) is 10.9 Å². The number of hydrogen-bond acceptors (Lipinski definition) is 5. The van der Waals surface area contributed by atoms with Crippen molar-refractivity contribution in [3.63, 3.8) is 0 Å². The molecular weight excluding hydrogens is 376 g/mol. The van der Waals surface area contributed by atoms with Crippen molar-refractivity contribution < 1.29 is 14.3 Å². The summed E-state index contributed by atoms with van der Waals surface area (Å²) in [5.74, 6) is 1.49. The summed E-state index contributed by atoms with van der Waals surface area (Å²) >= 11 is 1.79. The number of nitrogens with zero attached hydrogens (tertiary/aromatic N) is 2. The van der Waals surface area contributed by atoms with Crippen molar-refractivity contribution in [3.8, 4) is 0 Å². The molecule has 28 heavy (non-hydrogen) atoms. The predicted octanol–water partition coefficient (Wildman–Crippen LogP) is 1.63. The number of carbonyl (C=O) groups is 1. The maximum Gasteiger partial charge on any atom is 0.224 e. The van der Waals surface area contributed by atoms with Gasteiger partial charge in [-0.3, -0.25) is 9.79 Å². The quantitative estimate of drug-likeness (QED) is 0.369. The molecule has 0 bridgehead atoms. The lowest BCUT2D eigenvalue weighted by Crippen LogP contribution is -2.41. The Balaban J connectivity index is 1.23. The number of ether oxygens (including phenoxy) is 2. The molecular formula is C20H32N4O3S. The molecule has 0 aliphatic carbocycles. The van der Waals surface area contributed by atoms with Crippen LogP contribution in [0.2, 0.25) is 0 Å². The fraction of sp³-hybridized carbons (Fsp3) is 0.700. The number of thiophene rings is 1. The molecule has 1 aromatic rings. The second kappa shape index (κ2) is 11.4. The van der Waals surface area contributed by atoms with Crippen LogP contribution in [0.15, 0.2) is 16.4 Å². The van der Waals surface area contributed by atoms with Gasteiger partial charge in [0.05, 0.1) is 13.2 Å². The van der Waals surface area contributed by atoms with E-state index in [1.165, 1.54) is 10.4 Å². The number of carbonyl (C=O) groups excluding carboxylic acids is 1. The van der Waals surface area contributed by atoms with Gasteiger partial charge in [-0.15, -0.1) is 11.3 Å². The number of guanidine groups is 1. The van der Waals surface area contributed by atoms with Gasteiger partial charge in [0.2, 0.25) is 5.91 Å². The number of aliphatic imine (C=N–C) groups is 1. The Labute approximate surface area is 171 Å². The van der Waals surface area contributed by atoms with Crippen LogP contribution in [0.25, 0.3) is 0 Å². The Morgan fingerprint density at radius 1 is 1.43 bits per heavy atom. The van der Waals surface area contributed by atoms with Crippen LogP contribution in [0.4, 0.5) is 0 Å². The predicted molar refractivity (Wildman–Crippen MR) is 112 cm³/mol. The highest BCUT2D eigenvalue weighted by Crippen LogP contribution is 2.24. The number of fused-ring (bicyclic) bond motifs is 1. The third kappa shape index (κ3) is 6.46. The third-order valence-electron chi connectivity index (χ3n) is 5.15. The topological polar surface area (TPSA) is 75.2 Å². The molecule has 1 amide bonds. The summed E-state index contributed by atoms with van der Waals surface area (Å²) in [4.78, 5) is 20.0. The normalized spacial score (nSPS) is 19.5. The van der Waals surface area contributed by atoms with E-state index in [9.17, 15) is 4.79 Å². The van der Waals surface area contributed by atoms with Crippen LogP contribution in [-0.2, 0) is 27.2 Å². The van der Waals surface area contributed by atoms with E-state index in [2.05, 4.69) is 27.1 Å². The first-order valence-electron chi connectivity index (χ1n) is 10.2. The van der Waals surface area contributed by atoms with E-state index in [-0.39, 0.29) is 5.91 Å². The molecule has 3 heterocycles. The average Bonchev–Trinajstić information content (AvgIpc) is 3.40. The van der Waals surface area contributed by atoms with Gasteiger partial charge in [0.25, 0.3) is 0 Å². The third-order valence-corrected chi connectivity index (χ3v) is 6.17. The second-order valence-electron chi connectivity index (χ2n) is 7.27. The van der Waals surface area contributed by atoms with E-state index in [1.54, 1.807) is 18.4 Å². The fourth-order valence-corrected chi connectivity index (χ4v) is 4.36. The molecule has 0 radical (unpaired) electrons. The van der Waals surface area contributed by atoms with Gasteiger partial charge in [-0.25, -0.2) is 0 Å². The zero-order valence-electron chi connectivity index (χ0n) is 16.7. The van der Waals surface area contributed by atoms with Gasteiger partial charge in [-0.1, -0.05) is 0 Å². The van der Waals surface area contributed by atoms with Crippen LogP contribution in [0, 0.1) is 5.92 Å². The van der Waals surface area contributed by atoms with Crippen LogP contribution in [0.1, 0.15) is 29.7 Å². The molecule has 1 saturated heterocycles. The van der Waals surface area contributed by atoms with E-state index < -0.39 is 0 Å². The van der Waals surface area contributed by atoms with Crippen LogP contribution >= 0.6 is 11.3 Å². The lowest BCUT2D eigenvalue weighted by molar-refractivity contribution is -0.131. The van der Waals surface area contributed by atoms with Crippen LogP contribution < -0.4 is 10.6 Å². The maximum atomic E-state index is 12.4. The average molecular weight is 409 g/mol. The molecule has 156 valence electrons. The largest absolute Gasteiger partial charge is 0.381 e. The van der Waals surface area contributed by atoms with Gasteiger partial charge in [0, 0.05) is 63.7 Å². The first-order chi connectivity index (χ1) is 13.8. The molecule has 8 heteroatoms. The molecule has 1 unspecified atom stereocenters. The van der Waals surface area contributed by atoms with E-state index in [0.29, 0.717) is 18.9 Å². The van der Waals surface area contributed by atoms with Crippen molar-refractivity contribution in [2.45, 2.75) is 32.2 Å². The Kier molecular flexibility index (Phi) is 8.57. The molecule has 3 rings (SSSR count). The molecule has 0 aromatic carbocycles. The van der Waals surface area contributed by atoms with Gasteiger partial charge >= 0.3 is 0 Å². The van der Waals surface area contributed by atoms with Crippen molar-refractivity contribution in [2.75, 3.05) is 53.1 Å². The Hall–Kier alpha value is -1.64. The van der Waals surface area contributed by atoms with E-state index >= 15 is 0 Å². The van der Waals surface area contributed by atoms with Crippen molar-refractivity contribution >= 4 is 23.2 Å². The van der Waals surface area contributed by atoms with E-state index in [4.69, 9.17) is 9.47 Å². The van der Waals surface area contributed by atoms with Gasteiger partial charge in [0.15, 0.2) is 5.96 Å². The number of amides is 1. The second-order valence-corrected chi connectivity index (χ2v) is 8.27. The van der Waals surface area contributed by atoms with E-state index in [1.807, 2.05) is 4.90 Å². The summed E-state index contributed by atoms with van der Waals surface area (Å²) in [7, 11) is 1.75. The smallest absolute Gasteiger partial charge is 0.224 e. The van der Waals surface area contributed by atoms with Crippen molar-refractivity contribution in [1.29, 1.82) is 0 Å². The number of nitrogens with one attached hydrogen (secondary N) is 2. The standard InChI is InChI=1S/C20H32N4O3S/c1-21-20(22-7-2-10-26-14-16-5-11-27-15-16)23-8-3-19(25)24-9-4-18-17(13-24)6-12-28-18/h6,12,16H,2-5,7-11,13-15H2,1H3,(H2,21,22,23). The fourth-order valence-electron chi connectivity index (χ4n) is 3.47. The summed E-state index contributed by atoms with van der Waals surface area (Å²) in [5.41, 5.74) is 1.30. The Bertz CT molecular complexity index is 643. The van der Waals surface area contributed by atoms with Gasteiger partial charge in [-0.2, -0.15) is 0 Å². The van der Waals surface area contributed by atoms with Crippen LogP contribution in [0.3, 0.4) is 0 Å². The maximum absolute atomic E-state index is 12.4. The van der Waals surface area contributed by atoms with Crippen molar-refractivity contribution in [3.05, 3.63) is 21.9 Å².